The predicted octanol–water partition coefficient (Wildman–Crippen LogP) is 4.84. The van der Waals surface area contributed by atoms with Gasteiger partial charge in [0, 0.05) is 28.8 Å². The smallest absolute Gasteiger partial charge is 0.228 e. The molecule has 1 amide bonds. The molecule has 1 N–H and O–H groups in total. The third-order valence-electron chi connectivity index (χ3n) is 4.34. The van der Waals surface area contributed by atoms with Crippen molar-refractivity contribution in [2.75, 3.05) is 18.4 Å². The Morgan fingerprint density at radius 3 is 2.62 bits per heavy atom. The molecular formula is C19H20Cl2N2O. The van der Waals surface area contributed by atoms with E-state index in [1.165, 1.54) is 0 Å². The van der Waals surface area contributed by atoms with Gasteiger partial charge in [-0.15, -0.1) is 0 Å². The minimum atomic E-state index is -0.00286. The molecule has 1 saturated heterocycles. The Labute approximate surface area is 152 Å². The van der Waals surface area contributed by atoms with E-state index in [2.05, 4.69) is 10.2 Å². The van der Waals surface area contributed by atoms with Crippen molar-refractivity contribution in [2.24, 2.45) is 5.92 Å². The summed E-state index contributed by atoms with van der Waals surface area (Å²) < 4.78 is 0. The summed E-state index contributed by atoms with van der Waals surface area (Å²) in [5, 5.41) is 4.43. The molecule has 0 unspecified atom stereocenters. The summed E-state index contributed by atoms with van der Waals surface area (Å²) in [5.74, 6) is 0.0677. The number of carbonyl (C=O) groups is 1. The first-order valence-corrected chi connectivity index (χ1v) is 8.89. The van der Waals surface area contributed by atoms with Crippen molar-refractivity contribution in [3.63, 3.8) is 0 Å². The number of hydrogen-bond donors (Lipinski definition) is 1. The molecule has 1 aliphatic rings. The van der Waals surface area contributed by atoms with Gasteiger partial charge in [0.2, 0.25) is 5.91 Å². The number of benzene rings is 2. The van der Waals surface area contributed by atoms with E-state index in [4.69, 9.17) is 23.2 Å². The second-order valence-electron chi connectivity index (χ2n) is 6.16. The highest BCUT2D eigenvalue weighted by Crippen LogP contribution is 2.23. The summed E-state index contributed by atoms with van der Waals surface area (Å²) in [5.41, 5.74) is 1.89. The van der Waals surface area contributed by atoms with Crippen LogP contribution in [-0.2, 0) is 11.3 Å². The van der Waals surface area contributed by atoms with Crippen LogP contribution in [0.5, 0.6) is 0 Å². The summed E-state index contributed by atoms with van der Waals surface area (Å²) in [6, 6.07) is 15.1. The van der Waals surface area contributed by atoms with Crippen molar-refractivity contribution >= 4 is 34.8 Å². The lowest BCUT2D eigenvalue weighted by molar-refractivity contribution is -0.121. The van der Waals surface area contributed by atoms with E-state index < -0.39 is 0 Å². The zero-order valence-electron chi connectivity index (χ0n) is 13.3. The molecule has 0 spiro atoms. The first kappa shape index (κ1) is 17.3. The highest BCUT2D eigenvalue weighted by molar-refractivity contribution is 6.31. The molecule has 1 atom stereocenters. The number of nitrogens with zero attached hydrogens (tertiary/aromatic N) is 1. The van der Waals surface area contributed by atoms with Crippen molar-refractivity contribution in [1.82, 2.24) is 4.90 Å². The average Bonchev–Trinajstić information content (AvgIpc) is 2.59. The van der Waals surface area contributed by atoms with Crippen LogP contribution in [0.3, 0.4) is 0 Å². The molecule has 0 aliphatic carbocycles. The van der Waals surface area contributed by atoms with Gasteiger partial charge >= 0.3 is 0 Å². The van der Waals surface area contributed by atoms with Gasteiger partial charge in [-0.25, -0.2) is 0 Å². The number of halogens is 2. The maximum Gasteiger partial charge on any atom is 0.228 e. The molecule has 2 aromatic rings. The lowest BCUT2D eigenvalue weighted by Gasteiger charge is -2.32. The minimum absolute atomic E-state index is 0.00286. The van der Waals surface area contributed by atoms with Crippen LogP contribution in [0, 0.1) is 5.92 Å². The highest BCUT2D eigenvalue weighted by Gasteiger charge is 2.26. The van der Waals surface area contributed by atoms with Gasteiger partial charge < -0.3 is 5.32 Å². The topological polar surface area (TPSA) is 32.3 Å². The van der Waals surface area contributed by atoms with Gasteiger partial charge in [-0.2, -0.15) is 0 Å². The van der Waals surface area contributed by atoms with Gasteiger partial charge in [-0.1, -0.05) is 41.4 Å². The van der Waals surface area contributed by atoms with Crippen molar-refractivity contribution < 1.29 is 4.79 Å². The van der Waals surface area contributed by atoms with Crippen LogP contribution in [0.1, 0.15) is 18.4 Å². The summed E-state index contributed by atoms with van der Waals surface area (Å²) in [6.45, 7) is 2.53. The molecule has 24 heavy (non-hydrogen) atoms. The minimum Gasteiger partial charge on any atom is -0.326 e. The van der Waals surface area contributed by atoms with Crippen LogP contribution in [0.2, 0.25) is 10.0 Å². The monoisotopic (exact) mass is 362 g/mol. The van der Waals surface area contributed by atoms with Gasteiger partial charge in [0.05, 0.1) is 5.92 Å². The lowest BCUT2D eigenvalue weighted by atomic mass is 9.96. The number of hydrogen-bond acceptors (Lipinski definition) is 2. The summed E-state index contributed by atoms with van der Waals surface area (Å²) in [7, 11) is 0. The molecular weight excluding hydrogens is 343 g/mol. The van der Waals surface area contributed by atoms with E-state index in [0.29, 0.717) is 5.02 Å². The molecule has 5 heteroatoms. The number of anilines is 1. The van der Waals surface area contributed by atoms with Gasteiger partial charge in [-0.05, 0) is 55.3 Å². The van der Waals surface area contributed by atoms with Crippen LogP contribution in [-0.4, -0.2) is 23.9 Å². The summed E-state index contributed by atoms with van der Waals surface area (Å²) in [4.78, 5) is 14.8. The lowest BCUT2D eigenvalue weighted by Crippen LogP contribution is -2.40. The Morgan fingerprint density at radius 1 is 1.12 bits per heavy atom. The van der Waals surface area contributed by atoms with Crippen LogP contribution in [0.25, 0.3) is 0 Å². The number of rotatable bonds is 4. The summed E-state index contributed by atoms with van der Waals surface area (Å²) >= 11 is 12.1. The molecule has 0 saturated carbocycles. The second-order valence-corrected chi connectivity index (χ2v) is 7.01. The third-order valence-corrected chi connectivity index (χ3v) is 4.96. The van der Waals surface area contributed by atoms with Crippen molar-refractivity contribution in [3.05, 3.63) is 64.1 Å². The van der Waals surface area contributed by atoms with Gasteiger partial charge in [0.1, 0.15) is 0 Å². The first-order valence-electron chi connectivity index (χ1n) is 8.14. The third kappa shape index (κ3) is 4.50. The Kier molecular flexibility index (Phi) is 5.77. The highest BCUT2D eigenvalue weighted by atomic mass is 35.5. The fourth-order valence-corrected chi connectivity index (χ4v) is 3.38. The number of amides is 1. The quantitative estimate of drug-likeness (QED) is 0.843. The standard InChI is InChI=1S/C19H20Cl2N2O/c20-16-7-9-17(10-8-16)22-19(24)15-5-3-11-23(13-15)12-14-4-1-2-6-18(14)21/h1-2,4,6-10,15H,3,5,11-13H2,(H,22,24)/t15-/m0/s1. The molecule has 1 aliphatic heterocycles. The molecule has 1 heterocycles. The Morgan fingerprint density at radius 2 is 1.88 bits per heavy atom. The van der Waals surface area contributed by atoms with Gasteiger partial charge in [0.15, 0.2) is 0 Å². The van der Waals surface area contributed by atoms with E-state index in [0.717, 1.165) is 48.7 Å². The van der Waals surface area contributed by atoms with E-state index in [1.807, 2.05) is 36.4 Å². The zero-order valence-corrected chi connectivity index (χ0v) is 14.9. The Balaban J connectivity index is 1.59. The molecule has 126 valence electrons. The number of piperidine rings is 1. The second kappa shape index (κ2) is 8.02. The van der Waals surface area contributed by atoms with E-state index in [1.54, 1.807) is 12.1 Å². The fraction of sp³-hybridized carbons (Fsp3) is 0.316. The molecule has 1 fully saturated rings. The fourth-order valence-electron chi connectivity index (χ4n) is 3.06. The largest absolute Gasteiger partial charge is 0.326 e. The van der Waals surface area contributed by atoms with Crippen molar-refractivity contribution in [3.8, 4) is 0 Å². The predicted molar refractivity (Wildman–Crippen MR) is 99.5 cm³/mol. The molecule has 0 aromatic heterocycles. The zero-order chi connectivity index (χ0) is 16.9. The van der Waals surface area contributed by atoms with E-state index >= 15 is 0 Å². The molecule has 0 bridgehead atoms. The van der Waals surface area contributed by atoms with Crippen LogP contribution < -0.4 is 5.32 Å². The SMILES string of the molecule is O=C(Nc1ccc(Cl)cc1)[C@H]1CCCN(Cc2ccccc2Cl)C1. The number of likely N-dealkylation sites (tertiary alicyclic amines) is 1. The Hall–Kier alpha value is -1.55. The maximum absolute atomic E-state index is 12.5. The summed E-state index contributed by atoms with van der Waals surface area (Å²) in [6.07, 6.45) is 1.93. The number of nitrogens with one attached hydrogen (secondary N) is 1. The molecule has 3 rings (SSSR count). The molecule has 3 nitrogen and oxygen atoms in total. The molecule has 2 aromatic carbocycles. The van der Waals surface area contributed by atoms with E-state index in [9.17, 15) is 4.79 Å². The maximum atomic E-state index is 12.5. The van der Waals surface area contributed by atoms with Crippen molar-refractivity contribution in [1.29, 1.82) is 0 Å². The normalized spacial score (nSPS) is 18.3. The number of carbonyl (C=O) groups excluding carboxylic acids is 1. The van der Waals surface area contributed by atoms with Crippen LogP contribution >= 0.6 is 23.2 Å². The first-order chi connectivity index (χ1) is 11.6. The van der Waals surface area contributed by atoms with Gasteiger partial charge in [-0.3, -0.25) is 9.69 Å². The van der Waals surface area contributed by atoms with Crippen LogP contribution in [0.15, 0.2) is 48.5 Å². The average molecular weight is 363 g/mol. The molecule has 0 radical (unpaired) electrons. The van der Waals surface area contributed by atoms with Gasteiger partial charge in [0.25, 0.3) is 0 Å². The van der Waals surface area contributed by atoms with E-state index in [-0.39, 0.29) is 11.8 Å². The van der Waals surface area contributed by atoms with Crippen LogP contribution in [0.4, 0.5) is 5.69 Å². The van der Waals surface area contributed by atoms with Crippen molar-refractivity contribution in [2.45, 2.75) is 19.4 Å². The Bertz CT molecular complexity index is 703.